The Hall–Kier alpha value is -1.24. The van der Waals surface area contributed by atoms with Crippen molar-refractivity contribution in [1.29, 1.82) is 0 Å². The third kappa shape index (κ3) is 3.26. The SMILES string of the molecule is CN1CCC=C(c2nsnc2OCCc2cccs2)C1. The maximum absolute atomic E-state index is 5.82. The third-order valence-electron chi connectivity index (χ3n) is 3.27. The zero-order valence-corrected chi connectivity index (χ0v) is 13.0. The molecule has 1 aliphatic heterocycles. The largest absolute Gasteiger partial charge is 0.475 e. The molecule has 3 heterocycles. The highest BCUT2D eigenvalue weighted by Gasteiger charge is 2.18. The predicted molar refractivity (Wildman–Crippen MR) is 83.5 cm³/mol. The van der Waals surface area contributed by atoms with Crippen LogP contribution in [0, 0.1) is 0 Å². The normalized spacial score (nSPS) is 16.1. The van der Waals surface area contributed by atoms with Gasteiger partial charge in [-0.2, -0.15) is 4.37 Å². The summed E-state index contributed by atoms with van der Waals surface area (Å²) in [5, 5.41) is 2.09. The van der Waals surface area contributed by atoms with E-state index in [9.17, 15) is 0 Å². The number of hydrogen-bond donors (Lipinski definition) is 0. The molecule has 6 heteroatoms. The first-order chi connectivity index (χ1) is 9.83. The summed E-state index contributed by atoms with van der Waals surface area (Å²) in [5.74, 6) is 0.688. The van der Waals surface area contributed by atoms with Crippen LogP contribution >= 0.6 is 23.1 Å². The summed E-state index contributed by atoms with van der Waals surface area (Å²) < 4.78 is 14.5. The maximum atomic E-state index is 5.82. The van der Waals surface area contributed by atoms with Gasteiger partial charge in [0, 0.05) is 24.4 Å². The number of likely N-dealkylation sites (N-methyl/N-ethyl adjacent to an activating group) is 1. The summed E-state index contributed by atoms with van der Waals surface area (Å²) in [5.41, 5.74) is 2.16. The number of thiophene rings is 1. The molecule has 0 amide bonds. The molecular weight excluding hydrogens is 290 g/mol. The third-order valence-corrected chi connectivity index (χ3v) is 4.72. The molecule has 0 fully saturated rings. The van der Waals surface area contributed by atoms with Crippen molar-refractivity contribution in [2.24, 2.45) is 0 Å². The lowest BCUT2D eigenvalue weighted by Crippen LogP contribution is -2.25. The summed E-state index contributed by atoms with van der Waals surface area (Å²) >= 11 is 2.99. The van der Waals surface area contributed by atoms with Crippen LogP contribution in [0.1, 0.15) is 17.0 Å². The van der Waals surface area contributed by atoms with Crippen LogP contribution < -0.4 is 4.74 Å². The van der Waals surface area contributed by atoms with Crippen molar-refractivity contribution in [2.45, 2.75) is 12.8 Å². The molecule has 0 N–H and O–H groups in total. The van der Waals surface area contributed by atoms with Gasteiger partial charge in [0.2, 0.25) is 0 Å². The topological polar surface area (TPSA) is 38.2 Å². The van der Waals surface area contributed by atoms with Gasteiger partial charge in [0.1, 0.15) is 5.69 Å². The lowest BCUT2D eigenvalue weighted by molar-refractivity contribution is 0.311. The van der Waals surface area contributed by atoms with Crippen LogP contribution in [0.5, 0.6) is 5.88 Å². The Morgan fingerprint density at radius 2 is 2.35 bits per heavy atom. The van der Waals surface area contributed by atoms with Crippen LogP contribution in [0.4, 0.5) is 0 Å². The van der Waals surface area contributed by atoms with Crippen LogP contribution in [-0.2, 0) is 6.42 Å². The summed E-state index contributed by atoms with van der Waals surface area (Å²) in [7, 11) is 2.13. The summed E-state index contributed by atoms with van der Waals surface area (Å²) in [6.07, 6.45) is 4.24. The molecule has 3 rings (SSSR count). The van der Waals surface area contributed by atoms with Crippen molar-refractivity contribution in [2.75, 3.05) is 26.7 Å². The molecule has 0 saturated carbocycles. The van der Waals surface area contributed by atoms with Crippen molar-refractivity contribution >= 4 is 28.6 Å². The first-order valence-corrected chi connectivity index (χ1v) is 8.29. The molecule has 0 bridgehead atoms. The molecule has 0 spiro atoms. The number of hydrogen-bond acceptors (Lipinski definition) is 6. The molecular formula is C14H17N3OS2. The number of rotatable bonds is 5. The van der Waals surface area contributed by atoms with Gasteiger partial charge >= 0.3 is 0 Å². The molecule has 4 nitrogen and oxygen atoms in total. The van der Waals surface area contributed by atoms with Crippen LogP contribution in [0.2, 0.25) is 0 Å². The molecule has 1 aliphatic rings. The minimum absolute atomic E-state index is 0.655. The molecule has 0 aliphatic carbocycles. The van der Waals surface area contributed by atoms with E-state index in [0.717, 1.165) is 31.6 Å². The number of aromatic nitrogens is 2. The van der Waals surface area contributed by atoms with E-state index in [0.29, 0.717) is 12.5 Å². The fourth-order valence-electron chi connectivity index (χ4n) is 2.24. The molecule has 106 valence electrons. The Morgan fingerprint density at radius 1 is 1.40 bits per heavy atom. The highest BCUT2D eigenvalue weighted by molar-refractivity contribution is 7.09. The Bertz CT molecular complexity index is 577. The Balaban J connectivity index is 1.63. The van der Waals surface area contributed by atoms with Gasteiger partial charge in [-0.3, -0.25) is 0 Å². The lowest BCUT2D eigenvalue weighted by atomic mass is 10.1. The molecule has 0 aromatic carbocycles. The fourth-order valence-corrected chi connectivity index (χ4v) is 3.46. The van der Waals surface area contributed by atoms with Crippen LogP contribution in [0.3, 0.4) is 0 Å². The second-order valence-corrected chi connectivity index (χ2v) is 6.41. The van der Waals surface area contributed by atoms with Crippen molar-refractivity contribution < 1.29 is 4.74 Å². The minimum atomic E-state index is 0.655. The fraction of sp³-hybridized carbons (Fsp3) is 0.429. The van der Waals surface area contributed by atoms with E-state index in [1.54, 1.807) is 11.3 Å². The van der Waals surface area contributed by atoms with Crippen LogP contribution in [0.15, 0.2) is 23.6 Å². The molecule has 0 radical (unpaired) electrons. The summed E-state index contributed by atoms with van der Waals surface area (Å²) in [6, 6.07) is 4.20. The maximum Gasteiger partial charge on any atom is 0.253 e. The number of nitrogens with zero attached hydrogens (tertiary/aromatic N) is 3. The van der Waals surface area contributed by atoms with Gasteiger partial charge in [0.05, 0.1) is 18.3 Å². The standard InChI is InChI=1S/C14H17N3OS2/c1-17-7-2-4-11(10-17)13-14(16-20-15-13)18-8-6-12-5-3-9-19-12/h3-5,9H,2,6-8,10H2,1H3. The Kier molecular flexibility index (Phi) is 4.44. The molecule has 2 aromatic heterocycles. The molecule has 0 atom stereocenters. The van der Waals surface area contributed by atoms with Gasteiger partial charge in [-0.1, -0.05) is 12.1 Å². The molecule has 20 heavy (non-hydrogen) atoms. The average molecular weight is 307 g/mol. The van der Waals surface area contributed by atoms with Gasteiger partial charge in [-0.15, -0.1) is 15.7 Å². The zero-order chi connectivity index (χ0) is 13.8. The van der Waals surface area contributed by atoms with Gasteiger partial charge < -0.3 is 9.64 Å². The monoisotopic (exact) mass is 307 g/mol. The zero-order valence-electron chi connectivity index (χ0n) is 11.4. The van der Waals surface area contributed by atoms with Gasteiger partial charge in [-0.05, 0) is 30.5 Å². The van der Waals surface area contributed by atoms with Crippen molar-refractivity contribution in [1.82, 2.24) is 13.6 Å². The van der Waals surface area contributed by atoms with Crippen LogP contribution in [0.25, 0.3) is 5.57 Å². The van der Waals surface area contributed by atoms with Crippen molar-refractivity contribution in [3.05, 3.63) is 34.2 Å². The van der Waals surface area contributed by atoms with E-state index in [4.69, 9.17) is 4.74 Å². The van der Waals surface area contributed by atoms with Gasteiger partial charge in [0.25, 0.3) is 5.88 Å². The molecule has 0 saturated heterocycles. The van der Waals surface area contributed by atoms with Gasteiger partial charge in [0.15, 0.2) is 0 Å². The van der Waals surface area contributed by atoms with Crippen molar-refractivity contribution in [3.63, 3.8) is 0 Å². The van der Waals surface area contributed by atoms with E-state index >= 15 is 0 Å². The number of ether oxygens (including phenoxy) is 1. The predicted octanol–water partition coefficient (Wildman–Crippen LogP) is 2.94. The highest BCUT2D eigenvalue weighted by atomic mass is 32.1. The van der Waals surface area contributed by atoms with E-state index < -0.39 is 0 Å². The van der Waals surface area contributed by atoms with Gasteiger partial charge in [-0.25, -0.2) is 0 Å². The van der Waals surface area contributed by atoms with Crippen LogP contribution in [-0.4, -0.2) is 40.4 Å². The first kappa shape index (κ1) is 13.7. The summed E-state index contributed by atoms with van der Waals surface area (Å²) in [4.78, 5) is 3.63. The van der Waals surface area contributed by atoms with E-state index in [1.165, 1.54) is 22.2 Å². The second kappa shape index (κ2) is 6.47. The van der Waals surface area contributed by atoms with Crippen molar-refractivity contribution in [3.8, 4) is 5.88 Å². The van der Waals surface area contributed by atoms with E-state index in [2.05, 4.69) is 44.3 Å². The molecule has 0 unspecified atom stereocenters. The Morgan fingerprint density at radius 3 is 3.15 bits per heavy atom. The lowest BCUT2D eigenvalue weighted by Gasteiger charge is -2.22. The smallest absolute Gasteiger partial charge is 0.253 e. The average Bonchev–Trinajstić information content (AvgIpc) is 3.10. The second-order valence-electron chi connectivity index (χ2n) is 4.85. The quantitative estimate of drug-likeness (QED) is 0.851. The first-order valence-electron chi connectivity index (χ1n) is 6.68. The van der Waals surface area contributed by atoms with E-state index in [1.807, 2.05) is 0 Å². The Labute approximate surface area is 127 Å². The molecule has 2 aromatic rings. The minimum Gasteiger partial charge on any atom is -0.475 e. The van der Waals surface area contributed by atoms with E-state index in [-0.39, 0.29) is 0 Å². The highest BCUT2D eigenvalue weighted by Crippen LogP contribution is 2.27. The summed E-state index contributed by atoms with van der Waals surface area (Å²) in [6.45, 7) is 2.68.